The van der Waals surface area contributed by atoms with Crippen molar-refractivity contribution in [3.8, 4) is 0 Å². The first-order valence-electron chi connectivity index (χ1n) is 7.85. The van der Waals surface area contributed by atoms with E-state index in [2.05, 4.69) is 16.9 Å². The summed E-state index contributed by atoms with van der Waals surface area (Å²) in [7, 11) is 2.05. The second-order valence-corrected chi connectivity index (χ2v) is 6.40. The second kappa shape index (κ2) is 6.15. The van der Waals surface area contributed by atoms with E-state index in [4.69, 9.17) is 0 Å². The van der Waals surface area contributed by atoms with Gasteiger partial charge in [0.25, 0.3) is 0 Å². The molecule has 0 unspecified atom stereocenters. The molecule has 0 radical (unpaired) electrons. The van der Waals surface area contributed by atoms with Crippen LogP contribution in [0.2, 0.25) is 0 Å². The number of hydrogen-bond donors (Lipinski definition) is 0. The predicted octanol–water partition coefficient (Wildman–Crippen LogP) is 3.28. The number of likely N-dealkylation sites (tertiary alicyclic amines) is 1. The fourth-order valence-electron chi connectivity index (χ4n) is 3.75. The van der Waals surface area contributed by atoms with Crippen molar-refractivity contribution in [2.45, 2.75) is 18.3 Å². The molecule has 2 aliphatic heterocycles. The Morgan fingerprint density at radius 2 is 1.96 bits per heavy atom. The van der Waals surface area contributed by atoms with Gasteiger partial charge in [0.05, 0.1) is 23.0 Å². The number of anilines is 2. The summed E-state index contributed by atoms with van der Waals surface area (Å²) < 4.78 is 13.9. The molecule has 4 nitrogen and oxygen atoms in total. The summed E-state index contributed by atoms with van der Waals surface area (Å²) in [6, 6.07) is 8.35. The molecule has 0 atom stereocenters. The smallest absolute Gasteiger partial charge is 0.242 e. The van der Waals surface area contributed by atoms with Gasteiger partial charge in [0.15, 0.2) is 0 Å². The molecule has 1 saturated heterocycles. The third-order valence-corrected chi connectivity index (χ3v) is 5.07. The summed E-state index contributed by atoms with van der Waals surface area (Å²) >= 11 is 0. The molecule has 1 fully saturated rings. The molecule has 0 N–H and O–H groups in total. The van der Waals surface area contributed by atoms with E-state index in [1.54, 1.807) is 23.4 Å². The maximum absolute atomic E-state index is 13.9. The number of pyridine rings is 1. The van der Waals surface area contributed by atoms with Gasteiger partial charge in [-0.15, -0.1) is 12.4 Å². The van der Waals surface area contributed by atoms with Gasteiger partial charge in [-0.2, -0.15) is 0 Å². The number of fused-ring (bicyclic) bond motifs is 2. The number of halogens is 2. The van der Waals surface area contributed by atoms with Crippen LogP contribution in [0, 0.1) is 5.82 Å². The van der Waals surface area contributed by atoms with Crippen molar-refractivity contribution in [2.24, 2.45) is 0 Å². The van der Waals surface area contributed by atoms with Crippen LogP contribution < -0.4 is 4.90 Å². The number of benzene rings is 1. The maximum atomic E-state index is 13.9. The summed E-state index contributed by atoms with van der Waals surface area (Å²) in [6.07, 6.45) is 4.80. The molecule has 1 amide bonds. The number of nitrogens with zero attached hydrogens (tertiary/aromatic N) is 3. The Hall–Kier alpha value is -1.98. The van der Waals surface area contributed by atoms with Crippen molar-refractivity contribution < 1.29 is 9.18 Å². The van der Waals surface area contributed by atoms with E-state index in [0.29, 0.717) is 0 Å². The molecular formula is C18H19ClFN3O. The molecule has 126 valence electrons. The van der Waals surface area contributed by atoms with Gasteiger partial charge in [0.2, 0.25) is 5.91 Å². The van der Waals surface area contributed by atoms with Crippen LogP contribution in [0.5, 0.6) is 0 Å². The first-order chi connectivity index (χ1) is 11.1. The number of hydrogen-bond acceptors (Lipinski definition) is 3. The van der Waals surface area contributed by atoms with Gasteiger partial charge in [0.1, 0.15) is 5.82 Å². The molecule has 2 aliphatic rings. The third-order valence-electron chi connectivity index (χ3n) is 5.07. The molecule has 4 rings (SSSR count). The lowest BCUT2D eigenvalue weighted by molar-refractivity contribution is -0.124. The Kier molecular flexibility index (Phi) is 4.32. The summed E-state index contributed by atoms with van der Waals surface area (Å²) in [6.45, 7) is 1.67. The van der Waals surface area contributed by atoms with Crippen molar-refractivity contribution >= 4 is 29.7 Å². The van der Waals surface area contributed by atoms with Crippen molar-refractivity contribution in [1.82, 2.24) is 9.88 Å². The van der Waals surface area contributed by atoms with Crippen LogP contribution in [0.4, 0.5) is 15.8 Å². The monoisotopic (exact) mass is 347 g/mol. The number of carbonyl (C=O) groups is 1. The topological polar surface area (TPSA) is 36.4 Å². The van der Waals surface area contributed by atoms with Crippen molar-refractivity contribution in [3.05, 3.63) is 54.1 Å². The van der Waals surface area contributed by atoms with Gasteiger partial charge < -0.3 is 4.90 Å². The highest BCUT2D eigenvalue weighted by atomic mass is 35.5. The quantitative estimate of drug-likeness (QED) is 0.794. The Bertz CT molecular complexity index is 760. The highest BCUT2D eigenvalue weighted by molar-refractivity contribution is 6.13. The summed E-state index contributed by atoms with van der Waals surface area (Å²) in [5, 5.41) is 0. The summed E-state index contributed by atoms with van der Waals surface area (Å²) in [5.41, 5.74) is 1.73. The van der Waals surface area contributed by atoms with Gasteiger partial charge >= 0.3 is 0 Å². The SMILES string of the molecule is CN1CCC2(CC1)C(=O)N(c1cccnc1)c1ccc(F)cc12.Cl. The third kappa shape index (κ3) is 2.39. The first-order valence-corrected chi connectivity index (χ1v) is 7.85. The fourth-order valence-corrected chi connectivity index (χ4v) is 3.75. The Labute approximate surface area is 146 Å². The maximum Gasteiger partial charge on any atom is 0.242 e. The zero-order chi connectivity index (χ0) is 16.0. The Morgan fingerprint density at radius 1 is 1.21 bits per heavy atom. The van der Waals surface area contributed by atoms with Gasteiger partial charge in [-0.1, -0.05) is 0 Å². The van der Waals surface area contributed by atoms with E-state index < -0.39 is 5.41 Å². The fraction of sp³-hybridized carbons (Fsp3) is 0.333. The average molecular weight is 348 g/mol. The van der Waals surface area contributed by atoms with Crippen LogP contribution >= 0.6 is 12.4 Å². The molecule has 3 heterocycles. The minimum Gasteiger partial charge on any atom is -0.306 e. The predicted molar refractivity (Wildman–Crippen MR) is 93.4 cm³/mol. The minimum absolute atomic E-state index is 0. The first kappa shape index (κ1) is 16.9. The lowest BCUT2D eigenvalue weighted by Crippen LogP contribution is -2.46. The number of piperidine rings is 1. The van der Waals surface area contributed by atoms with Crippen molar-refractivity contribution in [2.75, 3.05) is 25.0 Å². The van der Waals surface area contributed by atoms with Crippen LogP contribution in [0.3, 0.4) is 0 Å². The van der Waals surface area contributed by atoms with Crippen LogP contribution in [0.1, 0.15) is 18.4 Å². The molecule has 0 aliphatic carbocycles. The van der Waals surface area contributed by atoms with Crippen molar-refractivity contribution in [1.29, 1.82) is 0 Å². The molecule has 0 saturated carbocycles. The summed E-state index contributed by atoms with van der Waals surface area (Å²) in [4.78, 5) is 21.4. The van der Waals surface area contributed by atoms with E-state index in [1.807, 2.05) is 12.1 Å². The molecule has 1 spiro atoms. The standard InChI is InChI=1S/C18H18FN3O.ClH/c1-21-9-6-18(7-10-21)15-11-13(19)4-5-16(15)22(17(18)23)14-3-2-8-20-12-14;/h2-5,8,11-12H,6-7,9-10H2,1H3;1H. The largest absolute Gasteiger partial charge is 0.306 e. The van der Waals surface area contributed by atoms with E-state index in [1.165, 1.54) is 12.1 Å². The van der Waals surface area contributed by atoms with Gasteiger partial charge in [-0.3, -0.25) is 14.7 Å². The molecule has 24 heavy (non-hydrogen) atoms. The number of aromatic nitrogens is 1. The Balaban J connectivity index is 0.00000169. The van der Waals surface area contributed by atoms with Gasteiger partial charge in [-0.05, 0) is 68.9 Å². The van der Waals surface area contributed by atoms with Gasteiger partial charge in [-0.25, -0.2) is 4.39 Å². The van der Waals surface area contributed by atoms with Crippen LogP contribution in [0.25, 0.3) is 0 Å². The highest BCUT2D eigenvalue weighted by Gasteiger charge is 2.52. The molecule has 6 heteroatoms. The molecule has 0 bridgehead atoms. The second-order valence-electron chi connectivity index (χ2n) is 6.40. The van der Waals surface area contributed by atoms with Crippen LogP contribution in [0.15, 0.2) is 42.7 Å². The van der Waals surface area contributed by atoms with Crippen LogP contribution in [-0.4, -0.2) is 35.9 Å². The Morgan fingerprint density at radius 3 is 2.62 bits per heavy atom. The van der Waals surface area contributed by atoms with E-state index in [0.717, 1.165) is 42.9 Å². The minimum atomic E-state index is -0.611. The van der Waals surface area contributed by atoms with Gasteiger partial charge in [0, 0.05) is 6.20 Å². The zero-order valence-electron chi connectivity index (χ0n) is 13.4. The molecule has 2 aromatic rings. The van der Waals surface area contributed by atoms with Crippen LogP contribution in [-0.2, 0) is 10.2 Å². The van der Waals surface area contributed by atoms with Crippen molar-refractivity contribution in [3.63, 3.8) is 0 Å². The zero-order valence-corrected chi connectivity index (χ0v) is 14.2. The molecule has 1 aromatic heterocycles. The average Bonchev–Trinajstić information content (AvgIpc) is 2.80. The lowest BCUT2D eigenvalue weighted by atomic mass is 9.73. The van der Waals surface area contributed by atoms with E-state index in [9.17, 15) is 9.18 Å². The molecular weight excluding hydrogens is 329 g/mol. The lowest BCUT2D eigenvalue weighted by Gasteiger charge is -2.36. The summed E-state index contributed by atoms with van der Waals surface area (Å²) in [5.74, 6) is -0.248. The number of amides is 1. The normalized spacial score (nSPS) is 19.2. The van der Waals surface area contributed by atoms with E-state index >= 15 is 0 Å². The number of rotatable bonds is 1. The van der Waals surface area contributed by atoms with E-state index in [-0.39, 0.29) is 24.1 Å². The number of carbonyl (C=O) groups excluding carboxylic acids is 1. The highest BCUT2D eigenvalue weighted by Crippen LogP contribution is 2.50. The molecule has 1 aromatic carbocycles.